The summed E-state index contributed by atoms with van der Waals surface area (Å²) in [5.41, 5.74) is 3.17. The van der Waals surface area contributed by atoms with Crippen molar-refractivity contribution in [3.8, 4) is 5.75 Å². The molecule has 7 heteroatoms. The van der Waals surface area contributed by atoms with E-state index in [4.69, 9.17) is 19.2 Å². The van der Waals surface area contributed by atoms with Crippen molar-refractivity contribution in [3.63, 3.8) is 0 Å². The highest BCUT2D eigenvalue weighted by atomic mass is 16.6. The standard InChI is InChI=1S/C26H31N3O4/c1-17(2)13-23-25(33-16-18-9-7-6-8-10-18)28-24(26(32-5)29(23,3)30)21-15-27-22-12-11-19(31-4)14-20(21)22/h6-12,14-15,17,23,27H,13,16H2,1-5H3. The normalized spacial score (nSPS) is 20.8. The second-order valence-corrected chi connectivity index (χ2v) is 8.83. The van der Waals surface area contributed by atoms with Gasteiger partial charge in [0.1, 0.15) is 12.4 Å². The van der Waals surface area contributed by atoms with Crippen LogP contribution in [0.3, 0.4) is 0 Å². The Labute approximate surface area is 194 Å². The van der Waals surface area contributed by atoms with E-state index < -0.39 is 10.7 Å². The molecule has 0 amide bonds. The monoisotopic (exact) mass is 449 g/mol. The third-order valence-electron chi connectivity index (χ3n) is 5.97. The average molecular weight is 450 g/mol. The number of aromatic nitrogens is 1. The van der Waals surface area contributed by atoms with Gasteiger partial charge in [-0.1, -0.05) is 44.2 Å². The van der Waals surface area contributed by atoms with Gasteiger partial charge < -0.3 is 24.4 Å². The molecule has 1 N–H and O–H groups in total. The lowest BCUT2D eigenvalue weighted by Gasteiger charge is -2.47. The molecule has 2 heterocycles. The van der Waals surface area contributed by atoms with Gasteiger partial charge in [0.05, 0.1) is 21.3 Å². The van der Waals surface area contributed by atoms with Crippen LogP contribution in [-0.2, 0) is 16.1 Å². The zero-order valence-electron chi connectivity index (χ0n) is 19.8. The number of rotatable bonds is 7. The summed E-state index contributed by atoms with van der Waals surface area (Å²) >= 11 is 0. The topological polar surface area (TPSA) is 78.9 Å². The first-order valence-electron chi connectivity index (χ1n) is 11.1. The van der Waals surface area contributed by atoms with Crippen molar-refractivity contribution < 1.29 is 18.9 Å². The highest BCUT2D eigenvalue weighted by Crippen LogP contribution is 2.39. The van der Waals surface area contributed by atoms with E-state index in [-0.39, 0.29) is 11.8 Å². The number of hydroxylamine groups is 3. The number of aliphatic imine (C=N–C) groups is 1. The Morgan fingerprint density at radius 1 is 1.09 bits per heavy atom. The molecule has 1 aliphatic heterocycles. The number of quaternary nitrogens is 1. The fourth-order valence-electron chi connectivity index (χ4n) is 4.28. The van der Waals surface area contributed by atoms with Crippen LogP contribution in [0, 0.1) is 11.1 Å². The maximum absolute atomic E-state index is 14.1. The van der Waals surface area contributed by atoms with E-state index in [2.05, 4.69) is 18.8 Å². The maximum atomic E-state index is 14.1. The number of nitrogens with zero attached hydrogens (tertiary/aromatic N) is 2. The van der Waals surface area contributed by atoms with Crippen molar-refractivity contribution >= 4 is 22.5 Å². The van der Waals surface area contributed by atoms with E-state index in [1.807, 2.05) is 54.7 Å². The predicted octanol–water partition coefficient (Wildman–Crippen LogP) is 5.44. The Morgan fingerprint density at radius 2 is 1.85 bits per heavy atom. The van der Waals surface area contributed by atoms with Crippen LogP contribution in [0.15, 0.2) is 65.6 Å². The molecular formula is C26H31N3O4. The Bertz CT molecular complexity index is 1180. The van der Waals surface area contributed by atoms with Crippen molar-refractivity contribution in [2.75, 3.05) is 21.3 Å². The van der Waals surface area contributed by atoms with E-state index >= 15 is 0 Å². The number of nitrogens with one attached hydrogen (secondary N) is 1. The van der Waals surface area contributed by atoms with Gasteiger partial charge in [-0.3, -0.25) is 4.65 Å². The second-order valence-electron chi connectivity index (χ2n) is 8.83. The molecule has 0 saturated heterocycles. The molecule has 174 valence electrons. The Balaban J connectivity index is 1.83. The van der Waals surface area contributed by atoms with Gasteiger partial charge in [0.2, 0.25) is 0 Å². The fourth-order valence-corrected chi connectivity index (χ4v) is 4.28. The SMILES string of the molecule is COC1=C(c2c[nH]c3ccc(OC)cc23)N=C(OCc2ccccc2)C(CC(C)C)[N+]1(C)[O-]. The number of benzene rings is 2. The van der Waals surface area contributed by atoms with Crippen LogP contribution in [0.2, 0.25) is 0 Å². The molecule has 2 aromatic carbocycles. The van der Waals surface area contributed by atoms with Crippen LogP contribution < -0.4 is 4.74 Å². The Morgan fingerprint density at radius 3 is 2.52 bits per heavy atom. The molecule has 0 fully saturated rings. The number of hydrogen-bond donors (Lipinski definition) is 1. The van der Waals surface area contributed by atoms with Gasteiger partial charge >= 0.3 is 5.88 Å². The third kappa shape index (κ3) is 4.47. The van der Waals surface area contributed by atoms with E-state index in [1.165, 1.54) is 7.11 Å². The van der Waals surface area contributed by atoms with Gasteiger partial charge in [0, 0.05) is 29.1 Å². The number of ether oxygens (including phenoxy) is 3. The van der Waals surface area contributed by atoms with Crippen LogP contribution in [0.25, 0.3) is 16.6 Å². The largest absolute Gasteiger partial charge is 0.625 e. The summed E-state index contributed by atoms with van der Waals surface area (Å²) < 4.78 is 16.6. The number of likely N-dealkylation sites (N-methyl/N-ethyl adjacent to an activating group) is 1. The zero-order chi connectivity index (χ0) is 23.6. The van der Waals surface area contributed by atoms with Crippen LogP contribution >= 0.6 is 0 Å². The summed E-state index contributed by atoms with van der Waals surface area (Å²) in [5, 5.41) is 15.0. The van der Waals surface area contributed by atoms with Gasteiger partial charge in [-0.05, 0) is 29.7 Å². The van der Waals surface area contributed by atoms with Crippen molar-refractivity contribution in [3.05, 3.63) is 76.9 Å². The average Bonchev–Trinajstić information content (AvgIpc) is 3.22. The third-order valence-corrected chi connectivity index (χ3v) is 5.97. The quantitative estimate of drug-likeness (QED) is 0.385. The van der Waals surface area contributed by atoms with Gasteiger partial charge in [0.25, 0.3) is 5.90 Å². The summed E-state index contributed by atoms with van der Waals surface area (Å²) in [7, 11) is 4.77. The predicted molar refractivity (Wildman–Crippen MR) is 130 cm³/mol. The summed E-state index contributed by atoms with van der Waals surface area (Å²) in [4.78, 5) is 8.16. The molecule has 3 aromatic rings. The van der Waals surface area contributed by atoms with Gasteiger partial charge in [-0.15, -0.1) is 0 Å². The number of aromatic amines is 1. The van der Waals surface area contributed by atoms with E-state index in [9.17, 15) is 5.21 Å². The Kier molecular flexibility index (Phi) is 6.44. The molecule has 0 radical (unpaired) electrons. The van der Waals surface area contributed by atoms with Crippen LogP contribution in [0.4, 0.5) is 0 Å². The van der Waals surface area contributed by atoms with Gasteiger partial charge in [-0.2, -0.15) is 0 Å². The Hall–Kier alpha value is -3.29. The minimum Gasteiger partial charge on any atom is -0.625 e. The summed E-state index contributed by atoms with van der Waals surface area (Å²) in [6.07, 6.45) is 2.47. The highest BCUT2D eigenvalue weighted by Gasteiger charge is 2.43. The molecule has 1 aliphatic rings. The molecule has 0 spiro atoms. The maximum Gasteiger partial charge on any atom is 0.319 e. The molecule has 0 saturated carbocycles. The molecule has 0 bridgehead atoms. The number of methoxy groups -OCH3 is 2. The summed E-state index contributed by atoms with van der Waals surface area (Å²) in [6.45, 7) is 4.52. The molecule has 7 nitrogen and oxygen atoms in total. The van der Waals surface area contributed by atoms with E-state index in [1.54, 1.807) is 14.2 Å². The molecule has 4 rings (SSSR count). The second kappa shape index (κ2) is 9.29. The van der Waals surface area contributed by atoms with Crippen molar-refractivity contribution in [2.24, 2.45) is 10.9 Å². The van der Waals surface area contributed by atoms with Crippen molar-refractivity contribution in [1.29, 1.82) is 0 Å². The molecule has 1 aromatic heterocycles. The highest BCUT2D eigenvalue weighted by molar-refractivity contribution is 5.97. The van der Waals surface area contributed by atoms with Crippen molar-refractivity contribution in [1.82, 2.24) is 4.98 Å². The molecule has 33 heavy (non-hydrogen) atoms. The lowest BCUT2D eigenvalue weighted by atomic mass is 9.99. The molecule has 2 unspecified atom stereocenters. The van der Waals surface area contributed by atoms with Crippen molar-refractivity contribution in [2.45, 2.75) is 32.9 Å². The van der Waals surface area contributed by atoms with Gasteiger partial charge in [-0.25, -0.2) is 4.99 Å². The van der Waals surface area contributed by atoms with Crippen LogP contribution in [-0.4, -0.2) is 42.8 Å². The summed E-state index contributed by atoms with van der Waals surface area (Å²) in [6, 6.07) is 15.1. The number of hydrogen-bond acceptors (Lipinski definition) is 5. The fraction of sp³-hybridized carbons (Fsp3) is 0.346. The zero-order valence-corrected chi connectivity index (χ0v) is 19.8. The first-order chi connectivity index (χ1) is 15.8. The van der Waals surface area contributed by atoms with E-state index in [0.717, 1.165) is 27.8 Å². The smallest absolute Gasteiger partial charge is 0.319 e. The molecule has 0 aliphatic carbocycles. The number of fused-ring (bicyclic) bond motifs is 1. The molecule has 2 atom stereocenters. The molecular weight excluding hydrogens is 418 g/mol. The lowest BCUT2D eigenvalue weighted by Crippen LogP contribution is -2.54. The van der Waals surface area contributed by atoms with E-state index in [0.29, 0.717) is 24.6 Å². The lowest BCUT2D eigenvalue weighted by molar-refractivity contribution is -0.855. The first kappa shape index (κ1) is 22.9. The van der Waals surface area contributed by atoms with Gasteiger partial charge in [0.15, 0.2) is 11.7 Å². The van der Waals surface area contributed by atoms with Crippen LogP contribution in [0.5, 0.6) is 5.75 Å². The minimum absolute atomic E-state index is 0.261. The summed E-state index contributed by atoms with van der Waals surface area (Å²) in [5.74, 6) is 1.69. The first-order valence-corrected chi connectivity index (χ1v) is 11.1. The number of H-pyrrole nitrogens is 1. The minimum atomic E-state index is -0.728. The van der Waals surface area contributed by atoms with Crippen LogP contribution in [0.1, 0.15) is 31.4 Å².